The number of piperazine rings is 1. The second-order valence-electron chi connectivity index (χ2n) is 13.3. The van der Waals surface area contributed by atoms with Crippen LogP contribution in [0.4, 0.5) is 21.5 Å². The lowest BCUT2D eigenvalue weighted by Gasteiger charge is -2.38. The van der Waals surface area contributed by atoms with Crippen LogP contribution >= 0.6 is 0 Å². The molecule has 2 aliphatic rings. The molecule has 1 saturated heterocycles. The monoisotopic (exact) mass is 599 g/mol. The third-order valence-corrected chi connectivity index (χ3v) is 8.28. The Morgan fingerprint density at radius 2 is 1.61 bits per heavy atom. The number of nitrogens with zero attached hydrogens (tertiary/aromatic N) is 3. The van der Waals surface area contributed by atoms with Crippen molar-refractivity contribution in [3.8, 4) is 11.1 Å². The second-order valence-corrected chi connectivity index (χ2v) is 13.3. The van der Waals surface area contributed by atoms with Gasteiger partial charge in [-0.3, -0.25) is 9.59 Å². The molecular formula is C36H46FN5O2. The summed E-state index contributed by atoms with van der Waals surface area (Å²) in [5, 5.41) is 3.23. The molecule has 2 amide bonds. The van der Waals surface area contributed by atoms with Gasteiger partial charge in [0.05, 0.1) is 11.4 Å². The lowest BCUT2D eigenvalue weighted by molar-refractivity contribution is -0.133. The topological polar surface area (TPSA) is 81.9 Å². The Hall–Kier alpha value is -3.91. The van der Waals surface area contributed by atoms with E-state index < -0.39 is 0 Å². The van der Waals surface area contributed by atoms with Crippen molar-refractivity contribution >= 4 is 28.9 Å². The number of halogens is 1. The van der Waals surface area contributed by atoms with Gasteiger partial charge in [0.15, 0.2) is 0 Å². The first-order chi connectivity index (χ1) is 21.1. The van der Waals surface area contributed by atoms with Crippen LogP contribution in [0.25, 0.3) is 11.1 Å². The van der Waals surface area contributed by atoms with Crippen molar-refractivity contribution in [1.29, 1.82) is 0 Å². The Kier molecular flexibility index (Phi) is 9.89. The predicted octanol–water partition coefficient (Wildman–Crippen LogP) is 6.28. The molecular weight excluding hydrogens is 553 g/mol. The molecule has 0 aromatic heterocycles. The van der Waals surface area contributed by atoms with Gasteiger partial charge in [0.1, 0.15) is 5.82 Å². The molecule has 2 fully saturated rings. The molecule has 44 heavy (non-hydrogen) atoms. The first-order valence-corrected chi connectivity index (χ1v) is 15.9. The third kappa shape index (κ3) is 8.38. The lowest BCUT2D eigenvalue weighted by atomic mass is 9.92. The maximum atomic E-state index is 13.4. The first-order valence-electron chi connectivity index (χ1n) is 15.9. The number of hydrogen-bond acceptors (Lipinski definition) is 5. The summed E-state index contributed by atoms with van der Waals surface area (Å²) in [5.41, 5.74) is 11.6. The normalized spacial score (nSPS) is 15.3. The Labute approximate surface area is 261 Å². The Morgan fingerprint density at radius 1 is 0.932 bits per heavy atom. The molecule has 3 aromatic carbocycles. The molecule has 234 valence electrons. The summed E-state index contributed by atoms with van der Waals surface area (Å²) in [6.45, 7) is 11.1. The zero-order valence-electron chi connectivity index (χ0n) is 26.3. The van der Waals surface area contributed by atoms with Crippen LogP contribution in [0.2, 0.25) is 0 Å². The number of anilines is 3. The van der Waals surface area contributed by atoms with Gasteiger partial charge in [-0.2, -0.15) is 0 Å². The maximum Gasteiger partial charge on any atom is 0.225 e. The van der Waals surface area contributed by atoms with E-state index in [1.807, 2.05) is 23.1 Å². The fraction of sp³-hybridized carbons (Fsp3) is 0.444. The van der Waals surface area contributed by atoms with Crippen LogP contribution in [0.3, 0.4) is 0 Å². The van der Waals surface area contributed by atoms with Crippen LogP contribution in [0.5, 0.6) is 0 Å². The molecule has 0 spiro atoms. The zero-order chi connectivity index (χ0) is 31.3. The van der Waals surface area contributed by atoms with Crippen LogP contribution in [0.1, 0.15) is 52.0 Å². The molecule has 3 N–H and O–H groups in total. The van der Waals surface area contributed by atoms with Crippen LogP contribution in [0.15, 0.2) is 66.7 Å². The number of carbonyl (C=O) groups is 2. The number of nitrogens with one attached hydrogen (secondary N) is 1. The van der Waals surface area contributed by atoms with Crippen molar-refractivity contribution in [2.24, 2.45) is 17.1 Å². The predicted molar refractivity (Wildman–Crippen MR) is 177 cm³/mol. The molecule has 0 atom stereocenters. The molecule has 0 radical (unpaired) electrons. The second kappa shape index (κ2) is 13.8. The highest BCUT2D eigenvalue weighted by atomic mass is 19.1. The summed E-state index contributed by atoms with van der Waals surface area (Å²) in [4.78, 5) is 32.6. The summed E-state index contributed by atoms with van der Waals surface area (Å²) in [7, 11) is 0. The maximum absolute atomic E-state index is 13.4. The van der Waals surface area contributed by atoms with E-state index in [1.54, 1.807) is 0 Å². The number of hydrogen-bond donors (Lipinski definition) is 2. The summed E-state index contributed by atoms with van der Waals surface area (Å²) in [5.74, 6) is 0.157. The van der Waals surface area contributed by atoms with Gasteiger partial charge in [0, 0.05) is 57.3 Å². The van der Waals surface area contributed by atoms with Crippen molar-refractivity contribution < 1.29 is 14.0 Å². The molecule has 0 unspecified atom stereocenters. The minimum atomic E-state index is -0.232. The molecule has 8 heteroatoms. The highest BCUT2D eigenvalue weighted by Crippen LogP contribution is 2.35. The van der Waals surface area contributed by atoms with Gasteiger partial charge in [-0.25, -0.2) is 4.39 Å². The van der Waals surface area contributed by atoms with Crippen LogP contribution in [0, 0.1) is 17.2 Å². The lowest BCUT2D eigenvalue weighted by Crippen LogP contribution is -2.46. The average Bonchev–Trinajstić information content (AvgIpc) is 3.84. The van der Waals surface area contributed by atoms with E-state index in [1.165, 1.54) is 12.1 Å². The summed E-state index contributed by atoms with van der Waals surface area (Å²) in [6.07, 6.45) is 3.16. The van der Waals surface area contributed by atoms with Crippen molar-refractivity contribution in [3.05, 3.63) is 78.1 Å². The first kappa shape index (κ1) is 31.5. The molecule has 5 rings (SSSR count). The minimum Gasteiger partial charge on any atom is -0.368 e. The molecule has 3 aromatic rings. The quantitative estimate of drug-likeness (QED) is 0.271. The van der Waals surface area contributed by atoms with Gasteiger partial charge in [-0.05, 0) is 90.4 Å². The van der Waals surface area contributed by atoms with E-state index in [2.05, 4.69) is 72.3 Å². The van der Waals surface area contributed by atoms with E-state index in [0.717, 1.165) is 79.2 Å². The van der Waals surface area contributed by atoms with Crippen molar-refractivity contribution in [2.75, 3.05) is 54.4 Å². The third-order valence-electron chi connectivity index (χ3n) is 8.28. The summed E-state index contributed by atoms with van der Waals surface area (Å²) >= 11 is 0. The minimum absolute atomic E-state index is 0.0104. The average molecular weight is 600 g/mol. The van der Waals surface area contributed by atoms with Gasteiger partial charge < -0.3 is 25.8 Å². The number of benzene rings is 3. The molecule has 1 heterocycles. The van der Waals surface area contributed by atoms with Crippen molar-refractivity contribution in [2.45, 2.75) is 53.0 Å². The summed E-state index contributed by atoms with van der Waals surface area (Å²) < 4.78 is 13.4. The number of carbonyl (C=O) groups excluding carboxylic acids is 2. The van der Waals surface area contributed by atoms with Gasteiger partial charge in [-0.15, -0.1) is 0 Å². The van der Waals surface area contributed by atoms with Gasteiger partial charge in [-0.1, -0.05) is 45.0 Å². The number of rotatable bonds is 11. The fourth-order valence-electron chi connectivity index (χ4n) is 5.83. The van der Waals surface area contributed by atoms with Crippen LogP contribution in [-0.4, -0.2) is 56.0 Å². The highest BCUT2D eigenvalue weighted by molar-refractivity contribution is 5.96. The number of amides is 2. The summed E-state index contributed by atoms with van der Waals surface area (Å²) in [6, 6.07) is 21.3. The molecule has 7 nitrogen and oxygen atoms in total. The molecule has 0 bridgehead atoms. The zero-order valence-corrected chi connectivity index (χ0v) is 26.3. The molecule has 1 saturated carbocycles. The largest absolute Gasteiger partial charge is 0.368 e. The van der Waals surface area contributed by atoms with E-state index in [9.17, 15) is 14.0 Å². The van der Waals surface area contributed by atoms with Crippen molar-refractivity contribution in [3.63, 3.8) is 0 Å². The fourth-order valence-corrected chi connectivity index (χ4v) is 5.83. The van der Waals surface area contributed by atoms with Gasteiger partial charge in [0.2, 0.25) is 11.8 Å². The SMILES string of the molecule is CC(C)(C)CC(=O)Nc1cc(-c2cccc(CN(CCCN)C(=O)C3CC3)c2)ccc1N1CCN(c2ccc(F)cc2)CC1. The van der Waals surface area contributed by atoms with Crippen molar-refractivity contribution in [1.82, 2.24) is 4.90 Å². The Bertz CT molecular complexity index is 1440. The highest BCUT2D eigenvalue weighted by Gasteiger charge is 2.33. The van der Waals surface area contributed by atoms with E-state index in [4.69, 9.17) is 5.73 Å². The molecule has 1 aliphatic heterocycles. The van der Waals surface area contributed by atoms with E-state index >= 15 is 0 Å². The van der Waals surface area contributed by atoms with Crippen LogP contribution in [-0.2, 0) is 16.1 Å². The smallest absolute Gasteiger partial charge is 0.225 e. The van der Waals surface area contributed by atoms with E-state index in [0.29, 0.717) is 26.1 Å². The molecule has 1 aliphatic carbocycles. The standard InChI is InChI=1S/C36H46FN5O2/c1-36(2,3)24-34(43)39-32-23-29(10-15-33(32)41-20-18-40(19-21-41)31-13-11-30(37)12-14-31)28-7-4-6-26(22-28)25-42(17-5-16-38)35(44)27-8-9-27/h4,6-7,10-15,22-23,27H,5,8-9,16-21,24-25,38H2,1-3H3,(H,39,43). The Balaban J connectivity index is 1.37. The number of nitrogens with two attached hydrogens (primary N) is 1. The van der Waals surface area contributed by atoms with E-state index in [-0.39, 0.29) is 29.0 Å². The van der Waals surface area contributed by atoms with Crippen LogP contribution < -0.4 is 20.9 Å². The Morgan fingerprint density at radius 3 is 2.27 bits per heavy atom. The van der Waals surface area contributed by atoms with Gasteiger partial charge >= 0.3 is 0 Å². The van der Waals surface area contributed by atoms with Gasteiger partial charge in [0.25, 0.3) is 0 Å².